The maximum absolute atomic E-state index is 13.9. The van der Waals surface area contributed by atoms with Gasteiger partial charge in [0.25, 0.3) is 11.8 Å². The van der Waals surface area contributed by atoms with E-state index in [4.69, 9.17) is 0 Å². The molecule has 0 bridgehead atoms. The summed E-state index contributed by atoms with van der Waals surface area (Å²) in [5, 5.41) is 0. The summed E-state index contributed by atoms with van der Waals surface area (Å²) in [6, 6.07) is 13.1. The molecule has 4 aliphatic heterocycles. The summed E-state index contributed by atoms with van der Waals surface area (Å²) in [5.74, 6) is 0.822. The van der Waals surface area contributed by atoms with E-state index in [1.54, 1.807) is 9.80 Å². The van der Waals surface area contributed by atoms with Crippen LogP contribution in [-0.4, -0.2) is 21.6 Å². The van der Waals surface area contributed by atoms with E-state index in [-0.39, 0.29) is 11.8 Å². The Morgan fingerprint density at radius 2 is 0.975 bits per heavy atom. The highest BCUT2D eigenvalue weighted by atomic mass is 16.2. The molecule has 0 aromatic heterocycles. The molecule has 8 rings (SSSR count). The van der Waals surface area contributed by atoms with Gasteiger partial charge in [-0.2, -0.15) is 0 Å². The molecule has 2 amide bonds. The lowest BCUT2D eigenvalue weighted by molar-refractivity contribution is -0.123. The van der Waals surface area contributed by atoms with E-state index in [1.807, 2.05) is 24.6 Å². The molecular weight excluding hydrogens is 492 g/mol. The number of hydrogen-bond acceptors (Lipinski definition) is 2. The summed E-state index contributed by atoms with van der Waals surface area (Å²) in [4.78, 5) is 31.3. The van der Waals surface area contributed by atoms with Crippen LogP contribution in [0.1, 0.15) is 109 Å². The number of benzene rings is 2. The lowest BCUT2D eigenvalue weighted by atomic mass is 9.80. The Hall–Kier alpha value is -3.92. The Balaban J connectivity index is 1.25. The third kappa shape index (κ3) is 3.58. The molecule has 6 aliphatic rings. The summed E-state index contributed by atoms with van der Waals surface area (Å²) in [6.07, 6.45) is 24.3. The largest absolute Gasteiger partial charge is 0.283 e. The summed E-state index contributed by atoms with van der Waals surface area (Å²) in [6.45, 7) is 0. The second kappa shape index (κ2) is 9.33. The molecule has 2 aliphatic carbocycles. The van der Waals surface area contributed by atoms with Crippen LogP contribution in [0.15, 0.2) is 72.1 Å². The van der Waals surface area contributed by atoms with Crippen LogP contribution in [0.3, 0.4) is 0 Å². The average molecular weight is 527 g/mol. The molecular formula is C36H34N2O2. The van der Waals surface area contributed by atoms with E-state index in [9.17, 15) is 9.59 Å². The van der Waals surface area contributed by atoms with Gasteiger partial charge < -0.3 is 0 Å². The SMILES string of the molecule is O=C1C(=C2C=C3c4c(cccc4C4CCCCC4)C=CN3C2=O)C=C2c3c(cccc3C3CCCCC3)C=CN12. The second-order valence-corrected chi connectivity index (χ2v) is 12.2. The van der Waals surface area contributed by atoms with Crippen molar-refractivity contribution >= 4 is 35.4 Å². The van der Waals surface area contributed by atoms with E-state index in [2.05, 4.69) is 48.6 Å². The van der Waals surface area contributed by atoms with Crippen molar-refractivity contribution in [2.24, 2.45) is 0 Å². The quantitative estimate of drug-likeness (QED) is 0.371. The van der Waals surface area contributed by atoms with Crippen molar-refractivity contribution < 1.29 is 9.59 Å². The van der Waals surface area contributed by atoms with Crippen LogP contribution < -0.4 is 0 Å². The lowest BCUT2D eigenvalue weighted by Crippen LogP contribution is -2.26. The zero-order valence-electron chi connectivity index (χ0n) is 22.9. The standard InChI is InChI=1S/C36H34N2O2/c39-35-29(21-31-33-25(17-19-37(31)35)13-7-15-27(33)23-9-3-1-4-10-23)30-22-32-34-26(18-20-38(32)36(30)40)14-8-16-28(34)24-11-5-2-6-12-24/h7-8,13-24H,1-6,9-12H2. The van der Waals surface area contributed by atoms with Crippen molar-refractivity contribution in [3.8, 4) is 0 Å². The molecule has 40 heavy (non-hydrogen) atoms. The molecule has 2 aromatic rings. The number of nitrogens with zero attached hydrogens (tertiary/aromatic N) is 2. The van der Waals surface area contributed by atoms with Gasteiger partial charge in [0, 0.05) is 23.5 Å². The number of amides is 2. The summed E-state index contributed by atoms with van der Waals surface area (Å²) in [7, 11) is 0. The first-order valence-electron chi connectivity index (χ1n) is 15.2. The molecule has 4 heterocycles. The van der Waals surface area contributed by atoms with Gasteiger partial charge in [-0.15, -0.1) is 0 Å². The highest BCUT2D eigenvalue weighted by Crippen LogP contribution is 2.47. The van der Waals surface area contributed by atoms with E-state index in [0.717, 1.165) is 22.5 Å². The molecule has 4 heteroatoms. The maximum Gasteiger partial charge on any atom is 0.263 e. The smallest absolute Gasteiger partial charge is 0.263 e. The molecule has 200 valence electrons. The van der Waals surface area contributed by atoms with Gasteiger partial charge in [-0.3, -0.25) is 19.4 Å². The van der Waals surface area contributed by atoms with Gasteiger partial charge in [-0.25, -0.2) is 0 Å². The minimum atomic E-state index is -0.111. The maximum atomic E-state index is 13.9. The summed E-state index contributed by atoms with van der Waals surface area (Å²) >= 11 is 0. The minimum Gasteiger partial charge on any atom is -0.283 e. The van der Waals surface area contributed by atoms with Crippen LogP contribution >= 0.6 is 0 Å². The molecule has 0 saturated heterocycles. The Bertz CT molecular complexity index is 1490. The zero-order chi connectivity index (χ0) is 26.8. The predicted octanol–water partition coefficient (Wildman–Crippen LogP) is 8.11. The molecule has 2 fully saturated rings. The zero-order valence-corrected chi connectivity index (χ0v) is 22.9. The number of carbonyl (C=O) groups is 2. The molecule has 0 unspecified atom stereocenters. The van der Waals surface area contributed by atoms with Crippen LogP contribution in [0.5, 0.6) is 0 Å². The van der Waals surface area contributed by atoms with Crippen molar-refractivity contribution in [1.82, 2.24) is 9.80 Å². The molecule has 2 saturated carbocycles. The third-order valence-electron chi connectivity index (χ3n) is 9.94. The first-order valence-corrected chi connectivity index (χ1v) is 15.2. The summed E-state index contributed by atoms with van der Waals surface area (Å²) < 4.78 is 0. The van der Waals surface area contributed by atoms with Crippen molar-refractivity contribution in [1.29, 1.82) is 0 Å². The molecule has 4 nitrogen and oxygen atoms in total. The third-order valence-corrected chi connectivity index (χ3v) is 9.94. The Labute approximate surface area is 236 Å². The first-order chi connectivity index (χ1) is 19.7. The van der Waals surface area contributed by atoms with Crippen LogP contribution in [0.25, 0.3) is 23.5 Å². The van der Waals surface area contributed by atoms with E-state index in [0.29, 0.717) is 23.0 Å². The van der Waals surface area contributed by atoms with E-state index < -0.39 is 0 Å². The number of fused-ring (bicyclic) bond motifs is 6. The molecule has 0 spiro atoms. The summed E-state index contributed by atoms with van der Waals surface area (Å²) in [5.41, 5.74) is 10.2. The van der Waals surface area contributed by atoms with Crippen molar-refractivity contribution in [2.75, 3.05) is 0 Å². The van der Waals surface area contributed by atoms with E-state index >= 15 is 0 Å². The van der Waals surface area contributed by atoms with Crippen LogP contribution in [0.2, 0.25) is 0 Å². The number of carbonyl (C=O) groups excluding carboxylic acids is 2. The van der Waals surface area contributed by atoms with Gasteiger partial charge in [-0.05, 0) is 84.1 Å². The minimum absolute atomic E-state index is 0.111. The van der Waals surface area contributed by atoms with Gasteiger partial charge in [0.1, 0.15) is 0 Å². The Kier molecular flexibility index (Phi) is 5.58. The highest BCUT2D eigenvalue weighted by Gasteiger charge is 2.40. The van der Waals surface area contributed by atoms with E-state index in [1.165, 1.54) is 86.5 Å². The molecule has 0 atom stereocenters. The van der Waals surface area contributed by atoms with Crippen LogP contribution in [-0.2, 0) is 9.59 Å². The molecule has 0 N–H and O–H groups in total. The van der Waals surface area contributed by atoms with Crippen LogP contribution in [0, 0.1) is 0 Å². The lowest BCUT2D eigenvalue weighted by Gasteiger charge is -2.29. The van der Waals surface area contributed by atoms with Crippen molar-refractivity contribution in [2.45, 2.75) is 76.0 Å². The van der Waals surface area contributed by atoms with Crippen molar-refractivity contribution in [3.63, 3.8) is 0 Å². The van der Waals surface area contributed by atoms with Gasteiger partial charge in [-0.1, -0.05) is 74.9 Å². The van der Waals surface area contributed by atoms with Gasteiger partial charge >= 0.3 is 0 Å². The Morgan fingerprint density at radius 3 is 1.40 bits per heavy atom. The second-order valence-electron chi connectivity index (χ2n) is 12.2. The number of hydrogen-bond donors (Lipinski definition) is 0. The molecule has 0 radical (unpaired) electrons. The van der Waals surface area contributed by atoms with Crippen LogP contribution in [0.4, 0.5) is 0 Å². The monoisotopic (exact) mass is 526 g/mol. The van der Waals surface area contributed by atoms with Gasteiger partial charge in [0.15, 0.2) is 0 Å². The fourth-order valence-electron chi connectivity index (χ4n) is 7.95. The Morgan fingerprint density at radius 1 is 0.550 bits per heavy atom. The fraction of sp³-hybridized carbons (Fsp3) is 0.333. The van der Waals surface area contributed by atoms with Crippen molar-refractivity contribution in [3.05, 3.63) is 105 Å². The predicted molar refractivity (Wildman–Crippen MR) is 159 cm³/mol. The normalized spacial score (nSPS) is 24.1. The first kappa shape index (κ1) is 23.9. The topological polar surface area (TPSA) is 40.6 Å². The molecule has 2 aromatic carbocycles. The van der Waals surface area contributed by atoms with Gasteiger partial charge in [0.2, 0.25) is 0 Å². The average Bonchev–Trinajstić information content (AvgIpc) is 3.53. The van der Waals surface area contributed by atoms with Gasteiger partial charge in [0.05, 0.1) is 22.5 Å². The fourth-order valence-corrected chi connectivity index (χ4v) is 7.95. The number of rotatable bonds is 2. The highest BCUT2D eigenvalue weighted by molar-refractivity contribution is 6.20.